The van der Waals surface area contributed by atoms with Gasteiger partial charge in [-0.2, -0.15) is 4.37 Å². The molecule has 0 unspecified atom stereocenters. The van der Waals surface area contributed by atoms with Gasteiger partial charge in [-0.05, 0) is 84.2 Å². The molecule has 3 N–H and O–H groups in total. The Morgan fingerprint density at radius 3 is 2.20 bits per heavy atom. The minimum absolute atomic E-state index is 0.0544. The Kier molecular flexibility index (Phi) is 14.8. The Labute approximate surface area is 337 Å². The summed E-state index contributed by atoms with van der Waals surface area (Å²) in [5.41, 5.74) is 1.00. The number of nitrogens with zero attached hydrogens (tertiary/aromatic N) is 4. The summed E-state index contributed by atoms with van der Waals surface area (Å²) < 4.78 is 55.2. The number of carbonyl (C=O) groups excluding carboxylic acids is 2. The molecule has 0 saturated heterocycles. The molecule has 2 heterocycles. The molecule has 4 aromatic rings. The van der Waals surface area contributed by atoms with Crippen LogP contribution in [0.3, 0.4) is 0 Å². The number of methoxy groups -OCH3 is 2. The lowest BCUT2D eigenvalue weighted by molar-refractivity contribution is 0.0488. The molecule has 2 aromatic heterocycles. The van der Waals surface area contributed by atoms with Gasteiger partial charge in [-0.3, -0.25) is 0 Å². The monoisotopic (exact) mass is 831 g/mol. The fraction of sp³-hybridized carbons (Fsp3) is 0.447. The lowest BCUT2D eigenvalue weighted by atomic mass is 9.90. The molecule has 0 aliphatic carbocycles. The van der Waals surface area contributed by atoms with E-state index < -0.39 is 39.5 Å². The molecule has 0 aliphatic heterocycles. The third-order valence-corrected chi connectivity index (χ3v) is 11.0. The van der Waals surface area contributed by atoms with Gasteiger partial charge in [0.2, 0.25) is 5.13 Å². The fourth-order valence-corrected chi connectivity index (χ4v) is 7.85. The average Bonchev–Trinajstić information content (AvgIpc) is 3.65. The van der Waals surface area contributed by atoms with Crippen molar-refractivity contribution in [3.63, 3.8) is 0 Å². The van der Waals surface area contributed by atoms with Crippen LogP contribution in [0.2, 0.25) is 5.02 Å². The number of alkyl carbamates (subject to hydrolysis) is 2. The number of carbonyl (C=O) groups is 2. The number of rotatable bonds is 16. The highest BCUT2D eigenvalue weighted by Crippen LogP contribution is 2.33. The summed E-state index contributed by atoms with van der Waals surface area (Å²) >= 11 is 7.64. The Hall–Kier alpha value is -4.87. The summed E-state index contributed by atoms with van der Waals surface area (Å²) in [6.45, 7) is 13.0. The van der Waals surface area contributed by atoms with Gasteiger partial charge in [-0.15, -0.1) is 0 Å². The van der Waals surface area contributed by atoms with Gasteiger partial charge in [-0.25, -0.2) is 32.3 Å². The highest BCUT2D eigenvalue weighted by molar-refractivity contribution is 7.93. The van der Waals surface area contributed by atoms with Crippen molar-refractivity contribution in [2.24, 2.45) is 5.92 Å². The first-order chi connectivity index (χ1) is 26.3. The predicted molar refractivity (Wildman–Crippen MR) is 216 cm³/mol. The second-order valence-electron chi connectivity index (χ2n) is 14.8. The second-order valence-corrected chi connectivity index (χ2v) is 17.8. The Morgan fingerprint density at radius 1 is 0.911 bits per heavy atom. The smallest absolute Gasteiger partial charge is 0.407 e. The molecular formula is C38H50ClN7O8S2. The Morgan fingerprint density at radius 2 is 1.59 bits per heavy atom. The number of anilines is 2. The number of amides is 2. The van der Waals surface area contributed by atoms with Crippen molar-refractivity contribution < 1.29 is 37.0 Å². The van der Waals surface area contributed by atoms with Gasteiger partial charge in [0.15, 0.2) is 0 Å². The third kappa shape index (κ3) is 12.6. The minimum Gasteiger partial charge on any atom is -0.497 e. The van der Waals surface area contributed by atoms with Crippen LogP contribution >= 0.6 is 23.1 Å². The largest absolute Gasteiger partial charge is 0.497 e. The minimum atomic E-state index is -4.26. The SMILES string of the molecule is COc1ccc(CN(c2ncns2)S(=O)(=O)c2cnc(NC[C@H](Cc3ccccc3CNC(=O)OC(C)(C)C)[C@@H](C)NC(=O)OC(C)(C)C)c(Cl)c2)c(OC)c1. The summed E-state index contributed by atoms with van der Waals surface area (Å²) in [5, 5.41) is 9.19. The molecule has 2 aromatic carbocycles. The van der Waals surface area contributed by atoms with Gasteiger partial charge in [0, 0.05) is 54.4 Å². The van der Waals surface area contributed by atoms with E-state index >= 15 is 0 Å². The van der Waals surface area contributed by atoms with E-state index in [4.69, 9.17) is 30.5 Å². The number of aromatic nitrogens is 3. The van der Waals surface area contributed by atoms with Gasteiger partial charge in [0.1, 0.15) is 39.7 Å². The van der Waals surface area contributed by atoms with Gasteiger partial charge in [0.25, 0.3) is 10.0 Å². The van der Waals surface area contributed by atoms with Crippen molar-refractivity contribution in [3.05, 3.63) is 82.8 Å². The topological polar surface area (TPSA) is 183 Å². The number of hydrogen-bond donors (Lipinski definition) is 3. The number of ether oxygens (including phenoxy) is 4. The van der Waals surface area contributed by atoms with Crippen molar-refractivity contribution in [3.8, 4) is 11.5 Å². The predicted octanol–water partition coefficient (Wildman–Crippen LogP) is 7.21. The molecule has 4 rings (SSSR count). The summed E-state index contributed by atoms with van der Waals surface area (Å²) in [5.74, 6) is 0.946. The average molecular weight is 832 g/mol. The quantitative estimate of drug-likeness (QED) is 0.103. The Balaban J connectivity index is 1.58. The van der Waals surface area contributed by atoms with Crippen LogP contribution in [0, 0.1) is 5.92 Å². The number of hydrogen-bond acceptors (Lipinski definition) is 13. The van der Waals surface area contributed by atoms with Gasteiger partial charge >= 0.3 is 12.2 Å². The number of sulfonamides is 1. The summed E-state index contributed by atoms with van der Waals surface area (Å²) in [6.07, 6.45) is 1.84. The maximum Gasteiger partial charge on any atom is 0.407 e. The second kappa shape index (κ2) is 18.8. The number of halogens is 1. The molecule has 15 nitrogen and oxygen atoms in total. The van der Waals surface area contributed by atoms with E-state index in [-0.39, 0.29) is 46.4 Å². The van der Waals surface area contributed by atoms with Crippen LogP contribution in [-0.4, -0.2) is 73.0 Å². The zero-order valence-electron chi connectivity index (χ0n) is 33.0. The molecule has 0 saturated carbocycles. The van der Waals surface area contributed by atoms with E-state index in [1.54, 1.807) is 59.7 Å². The maximum absolute atomic E-state index is 14.2. The molecule has 2 amide bonds. The van der Waals surface area contributed by atoms with Gasteiger partial charge in [0.05, 0.1) is 25.8 Å². The van der Waals surface area contributed by atoms with E-state index in [1.807, 2.05) is 31.2 Å². The number of pyridine rings is 1. The van der Waals surface area contributed by atoms with Crippen LogP contribution in [0.1, 0.15) is 65.2 Å². The molecule has 0 spiro atoms. The summed E-state index contributed by atoms with van der Waals surface area (Å²) in [4.78, 5) is 33.7. The highest BCUT2D eigenvalue weighted by atomic mass is 35.5. The standard InChI is InChI=1S/C38H50ClN7O8S2/c1-24(45-36(48)54-38(5,6)7)28(16-25-12-10-11-13-26(25)19-42-35(47)53-37(2,3)4)20-40-33-31(39)18-30(21-41-33)56(49,50)46(34-43-23-44-55-34)22-27-14-15-29(51-8)17-32(27)52-9/h10-15,17-18,21,23-24,28H,16,19-20,22H2,1-9H3,(H,40,41)(H,42,47)(H,45,48)/t24-,28+/m1/s1. The molecule has 56 heavy (non-hydrogen) atoms. The van der Waals surface area contributed by atoms with Gasteiger partial charge < -0.3 is 34.9 Å². The van der Waals surface area contributed by atoms with Crippen molar-refractivity contribution in [2.45, 2.75) is 90.1 Å². The van der Waals surface area contributed by atoms with Crippen LogP contribution in [0.5, 0.6) is 11.5 Å². The van der Waals surface area contributed by atoms with Crippen molar-refractivity contribution >= 4 is 56.3 Å². The molecule has 18 heteroatoms. The lowest BCUT2D eigenvalue weighted by Crippen LogP contribution is -2.44. The molecule has 0 radical (unpaired) electrons. The lowest BCUT2D eigenvalue weighted by Gasteiger charge is -2.28. The van der Waals surface area contributed by atoms with E-state index in [0.717, 1.165) is 27.0 Å². The van der Waals surface area contributed by atoms with Gasteiger partial charge in [-0.1, -0.05) is 35.9 Å². The zero-order chi connectivity index (χ0) is 41.3. The van der Waals surface area contributed by atoms with Crippen molar-refractivity contribution in [1.82, 2.24) is 25.0 Å². The van der Waals surface area contributed by atoms with Crippen LogP contribution in [0.4, 0.5) is 20.5 Å². The summed E-state index contributed by atoms with van der Waals surface area (Å²) in [6, 6.07) is 13.6. The molecule has 0 aliphatic rings. The van der Waals surface area contributed by atoms with E-state index in [0.29, 0.717) is 23.5 Å². The van der Waals surface area contributed by atoms with Crippen LogP contribution < -0.4 is 29.7 Å². The molecule has 0 bridgehead atoms. The van der Waals surface area contributed by atoms with Crippen LogP contribution in [-0.2, 0) is 39.0 Å². The maximum atomic E-state index is 14.2. The van der Waals surface area contributed by atoms with Crippen LogP contribution in [0.15, 0.2) is 66.0 Å². The molecule has 0 fully saturated rings. The van der Waals surface area contributed by atoms with Crippen molar-refractivity contribution in [2.75, 3.05) is 30.4 Å². The zero-order valence-corrected chi connectivity index (χ0v) is 35.4. The summed E-state index contributed by atoms with van der Waals surface area (Å²) in [7, 11) is -1.25. The van der Waals surface area contributed by atoms with E-state index in [2.05, 4.69) is 30.3 Å². The molecule has 2 atom stereocenters. The first-order valence-electron chi connectivity index (χ1n) is 17.7. The third-order valence-electron chi connectivity index (χ3n) is 8.18. The fourth-order valence-electron chi connectivity index (χ4n) is 5.45. The van der Waals surface area contributed by atoms with E-state index in [9.17, 15) is 18.0 Å². The van der Waals surface area contributed by atoms with Crippen molar-refractivity contribution in [1.29, 1.82) is 0 Å². The molecule has 304 valence electrons. The number of benzene rings is 2. The number of nitrogens with one attached hydrogen (secondary N) is 3. The first kappa shape index (κ1) is 43.9. The first-order valence-corrected chi connectivity index (χ1v) is 20.3. The van der Waals surface area contributed by atoms with E-state index in [1.165, 1.54) is 32.8 Å². The normalized spacial score (nSPS) is 12.9. The highest BCUT2D eigenvalue weighted by Gasteiger charge is 2.30. The van der Waals surface area contributed by atoms with Crippen LogP contribution in [0.25, 0.3) is 0 Å². The molecular weight excluding hydrogens is 782 g/mol. The Bertz CT molecular complexity index is 2060.